The van der Waals surface area contributed by atoms with Crippen LogP contribution >= 0.6 is 0 Å². The smallest absolute Gasteiger partial charge is 0.341 e. The number of nitrogens with zero attached hydrogens (tertiary/aromatic N) is 1. The molecule has 0 spiro atoms. The van der Waals surface area contributed by atoms with Crippen LogP contribution in [0, 0.1) is 24.8 Å². The normalized spacial score (nSPS) is 17.2. The number of rotatable bonds is 21. The lowest BCUT2D eigenvalue weighted by Crippen LogP contribution is -2.56. The number of benzene rings is 3. The molecule has 1 saturated heterocycles. The van der Waals surface area contributed by atoms with E-state index in [1.54, 1.807) is 27.2 Å². The fourth-order valence-corrected chi connectivity index (χ4v) is 8.50. The third kappa shape index (κ3) is 17.7. The predicted molar refractivity (Wildman–Crippen MR) is 270 cm³/mol. The quantitative estimate of drug-likeness (QED) is 0.0352. The second-order valence-electron chi connectivity index (χ2n) is 19.3. The molecule has 1 heterocycles. The Hall–Kier alpha value is -5.53. The SMILES string of the molecule is C=C(C)CC(OC)[C@H](C)C(=O)O.COC(=O)c1c(OCc2ccc(OC)cc2)cc(OCc2ccc(OC)cc2)c(C)c1CC=O.[C-]#[N+][C@@H]1C[C@@H](O[Si](C)(C)C(C)(C)C)C(C)(C)[C@@H](CC(=O)CC)O1. The number of carboxylic acids is 1. The van der Waals surface area contributed by atoms with Gasteiger partial charge in [-0.1, -0.05) is 71.4 Å². The summed E-state index contributed by atoms with van der Waals surface area (Å²) < 4.78 is 45.1. The monoisotopic (exact) mass is 976 g/mol. The van der Waals surface area contributed by atoms with Crippen molar-refractivity contribution in [1.82, 2.24) is 0 Å². The van der Waals surface area contributed by atoms with Gasteiger partial charge in [-0.15, -0.1) is 6.58 Å². The largest absolute Gasteiger partial charge is 0.497 e. The molecule has 69 heavy (non-hydrogen) atoms. The van der Waals surface area contributed by atoms with Gasteiger partial charge in [0.25, 0.3) is 0 Å². The van der Waals surface area contributed by atoms with E-state index in [4.69, 9.17) is 49.3 Å². The van der Waals surface area contributed by atoms with Crippen LogP contribution in [-0.2, 0) is 52.7 Å². The Labute approximate surface area is 411 Å². The van der Waals surface area contributed by atoms with Crippen LogP contribution in [0.4, 0.5) is 0 Å². The maximum absolute atomic E-state index is 12.6. The molecule has 0 aromatic heterocycles. The van der Waals surface area contributed by atoms with Crippen LogP contribution in [0.3, 0.4) is 0 Å². The summed E-state index contributed by atoms with van der Waals surface area (Å²) in [6, 6.07) is 16.6. The molecule has 0 amide bonds. The maximum Gasteiger partial charge on any atom is 0.341 e. The third-order valence-electron chi connectivity index (χ3n) is 12.8. The molecule has 4 rings (SSSR count). The summed E-state index contributed by atoms with van der Waals surface area (Å²) in [5.74, 6) is 0.586. The number of Topliss-reactive ketones (excluding diaryl/α,β-unsaturated/α-hetero) is 1. The highest BCUT2D eigenvalue weighted by atomic mass is 28.4. The number of aliphatic carboxylic acids is 1. The molecule has 0 radical (unpaired) electrons. The van der Waals surface area contributed by atoms with Gasteiger partial charge in [0, 0.05) is 37.9 Å². The molecule has 380 valence electrons. The van der Waals surface area contributed by atoms with Gasteiger partial charge in [-0.25, -0.2) is 11.4 Å². The first kappa shape index (κ1) is 59.6. The van der Waals surface area contributed by atoms with E-state index in [1.165, 1.54) is 14.2 Å². The van der Waals surface area contributed by atoms with Crippen LogP contribution in [0.1, 0.15) is 114 Å². The van der Waals surface area contributed by atoms with Crippen molar-refractivity contribution in [3.05, 3.63) is 106 Å². The van der Waals surface area contributed by atoms with E-state index < -0.39 is 32.4 Å². The summed E-state index contributed by atoms with van der Waals surface area (Å²) in [5, 5.41) is 8.80. The lowest BCUT2D eigenvalue weighted by molar-refractivity contribution is -0.162. The number of ketones is 1. The van der Waals surface area contributed by atoms with Gasteiger partial charge in [0.15, 0.2) is 8.32 Å². The molecular weight excluding hydrogens is 899 g/mol. The van der Waals surface area contributed by atoms with E-state index in [1.807, 2.05) is 69.3 Å². The minimum atomic E-state index is -1.94. The van der Waals surface area contributed by atoms with E-state index in [-0.39, 0.29) is 58.9 Å². The second-order valence-corrected chi connectivity index (χ2v) is 24.0. The minimum absolute atomic E-state index is 0.0227. The van der Waals surface area contributed by atoms with Crippen molar-refractivity contribution in [2.45, 2.75) is 150 Å². The molecule has 5 atom stereocenters. The summed E-state index contributed by atoms with van der Waals surface area (Å²) in [7, 11) is 4.08. The van der Waals surface area contributed by atoms with Crippen molar-refractivity contribution in [2.75, 3.05) is 28.4 Å². The van der Waals surface area contributed by atoms with E-state index in [2.05, 4.69) is 59.1 Å². The van der Waals surface area contributed by atoms with E-state index in [9.17, 15) is 19.2 Å². The molecule has 15 heteroatoms. The zero-order valence-electron chi connectivity index (χ0n) is 43.6. The number of esters is 1. The Morgan fingerprint density at radius 2 is 1.48 bits per heavy atom. The molecule has 1 N–H and O–H groups in total. The number of hydrogen-bond donors (Lipinski definition) is 1. The highest BCUT2D eigenvalue weighted by Crippen LogP contribution is 2.45. The van der Waals surface area contributed by atoms with Crippen LogP contribution in [0.2, 0.25) is 18.1 Å². The van der Waals surface area contributed by atoms with Gasteiger partial charge in [0.2, 0.25) is 0 Å². The first-order valence-corrected chi connectivity index (χ1v) is 26.1. The molecular formula is C54H77NO13Si. The standard InChI is InChI=1S/C27H28O7.C18H33NO3Si.C9H16O3/c1-18-23(13-14-28)26(27(29)32-4)25(34-17-20-7-11-22(31-3)12-8-20)15-24(18)33-16-19-5-9-21(30-2)10-6-19;1-10-13(20)11-14-18(5,6)15(12-16(19-7)21-14)22-23(8,9)17(2,3)4;1-6(2)5-8(12-4)7(3)9(10)11/h5-12,14-15H,13,16-17H2,1-4H3;14-16H,10-12H2,1-6,8-9H3;7-8H,1,5H2,2-4H3,(H,10,11)/t;14-,15-,16+;7-,8?/m.10/s1. The molecule has 1 aliphatic rings. The fourth-order valence-electron chi connectivity index (χ4n) is 7.04. The lowest BCUT2D eigenvalue weighted by atomic mass is 9.75. The van der Waals surface area contributed by atoms with Gasteiger partial charge < -0.3 is 47.5 Å². The van der Waals surface area contributed by atoms with Gasteiger partial charge in [-0.2, -0.15) is 0 Å². The van der Waals surface area contributed by atoms with Crippen molar-refractivity contribution in [3.8, 4) is 23.0 Å². The predicted octanol–water partition coefficient (Wildman–Crippen LogP) is 11.2. The zero-order chi connectivity index (χ0) is 52.3. The average Bonchev–Trinajstić information content (AvgIpc) is 3.31. The summed E-state index contributed by atoms with van der Waals surface area (Å²) in [6.07, 6.45) is 1.75. The number of ether oxygens (including phenoxy) is 7. The average molecular weight is 976 g/mol. The minimum Gasteiger partial charge on any atom is -0.497 e. The molecule has 0 saturated carbocycles. The fraction of sp³-hybridized carbons (Fsp3) is 0.537. The van der Waals surface area contributed by atoms with Crippen molar-refractivity contribution in [2.24, 2.45) is 11.3 Å². The van der Waals surface area contributed by atoms with Crippen LogP contribution in [0.15, 0.2) is 66.7 Å². The Balaban J connectivity index is 0.000000402. The number of methoxy groups -OCH3 is 4. The van der Waals surface area contributed by atoms with Gasteiger partial charge in [0.05, 0.1) is 52.0 Å². The summed E-state index contributed by atoms with van der Waals surface area (Å²) in [5.41, 5.74) is 3.90. The highest BCUT2D eigenvalue weighted by molar-refractivity contribution is 6.74. The van der Waals surface area contributed by atoms with E-state index >= 15 is 0 Å². The Morgan fingerprint density at radius 1 is 0.957 bits per heavy atom. The van der Waals surface area contributed by atoms with Gasteiger partial charge in [-0.3, -0.25) is 14.4 Å². The molecule has 1 fully saturated rings. The molecule has 14 nitrogen and oxygen atoms in total. The molecule has 0 aliphatic carbocycles. The van der Waals surface area contributed by atoms with E-state index in [0.717, 1.165) is 34.5 Å². The van der Waals surface area contributed by atoms with Gasteiger partial charge in [0.1, 0.15) is 53.8 Å². The molecule has 0 bridgehead atoms. The third-order valence-corrected chi connectivity index (χ3v) is 17.3. The lowest BCUT2D eigenvalue weighted by Gasteiger charge is -2.49. The van der Waals surface area contributed by atoms with Gasteiger partial charge >= 0.3 is 18.2 Å². The summed E-state index contributed by atoms with van der Waals surface area (Å²) >= 11 is 0. The van der Waals surface area contributed by atoms with E-state index in [0.29, 0.717) is 49.2 Å². The first-order valence-electron chi connectivity index (χ1n) is 23.2. The van der Waals surface area contributed by atoms with Crippen LogP contribution in [-0.4, -0.2) is 90.4 Å². The van der Waals surface area contributed by atoms with Gasteiger partial charge in [-0.05, 0) is 91.8 Å². The molecule has 1 aliphatic heterocycles. The maximum atomic E-state index is 12.6. The van der Waals surface area contributed by atoms with Crippen LogP contribution in [0.25, 0.3) is 4.85 Å². The van der Waals surface area contributed by atoms with Crippen LogP contribution < -0.4 is 18.9 Å². The van der Waals surface area contributed by atoms with Crippen molar-refractivity contribution in [1.29, 1.82) is 0 Å². The first-order chi connectivity index (χ1) is 32.3. The molecule has 3 aromatic rings. The second kappa shape index (κ2) is 27.6. The zero-order valence-corrected chi connectivity index (χ0v) is 44.6. The van der Waals surface area contributed by atoms with Crippen LogP contribution in [0.5, 0.6) is 23.0 Å². The highest BCUT2D eigenvalue weighted by Gasteiger charge is 2.51. The molecule has 3 aromatic carbocycles. The number of carbonyl (C=O) groups excluding carboxylic acids is 3. The number of carbonyl (C=O) groups is 4. The number of hydrogen-bond acceptors (Lipinski definition) is 12. The number of aldehydes is 1. The topological polar surface area (TPSA) is 167 Å². The van der Waals surface area contributed by atoms with Crippen molar-refractivity contribution < 1.29 is 61.9 Å². The molecule has 1 unspecified atom stereocenters. The van der Waals surface area contributed by atoms with Crippen molar-refractivity contribution in [3.63, 3.8) is 0 Å². The van der Waals surface area contributed by atoms with Crippen molar-refractivity contribution >= 4 is 32.3 Å². The Bertz CT molecular complexity index is 2190. The Kier molecular flexibility index (Phi) is 23.8. The number of carboxylic acid groups (broad SMARTS) is 1. The summed E-state index contributed by atoms with van der Waals surface area (Å²) in [6.45, 7) is 34.1. The Morgan fingerprint density at radius 3 is 1.88 bits per heavy atom. The summed E-state index contributed by atoms with van der Waals surface area (Å²) in [4.78, 5) is 50.2.